The summed E-state index contributed by atoms with van der Waals surface area (Å²) in [6.45, 7) is 10.3. The van der Waals surface area contributed by atoms with E-state index in [0.717, 1.165) is 0 Å². The molecule has 0 aromatic rings. The van der Waals surface area contributed by atoms with Gasteiger partial charge in [-0.1, -0.05) is 13.2 Å². The van der Waals surface area contributed by atoms with Crippen LogP contribution in [0.2, 0.25) is 0 Å². The van der Waals surface area contributed by atoms with Crippen molar-refractivity contribution < 1.29 is 10.2 Å². The van der Waals surface area contributed by atoms with Crippen molar-refractivity contribution in [3.63, 3.8) is 0 Å². The van der Waals surface area contributed by atoms with Gasteiger partial charge in [0.2, 0.25) is 0 Å². The molecule has 0 aliphatic carbocycles. The van der Waals surface area contributed by atoms with Gasteiger partial charge in [-0.15, -0.1) is 0 Å². The van der Waals surface area contributed by atoms with E-state index < -0.39 is 12.2 Å². The minimum Gasteiger partial charge on any atom is -0.386 e. The molecule has 58 valence electrons. The summed E-state index contributed by atoms with van der Waals surface area (Å²) in [6, 6.07) is 0. The number of hydrogen-bond acceptors (Lipinski definition) is 2. The van der Waals surface area contributed by atoms with Crippen molar-refractivity contribution in [2.75, 3.05) is 0 Å². The van der Waals surface area contributed by atoms with E-state index in [9.17, 15) is 0 Å². The fourth-order valence-corrected chi connectivity index (χ4v) is 0.539. The molecule has 0 amide bonds. The molecule has 0 spiro atoms. The molecule has 0 rings (SSSR count). The number of hydrogen-bond donors (Lipinski definition) is 2. The minimum absolute atomic E-state index is 0.551. The van der Waals surface area contributed by atoms with Crippen LogP contribution in [0.4, 0.5) is 0 Å². The third-order valence-corrected chi connectivity index (χ3v) is 1.31. The van der Waals surface area contributed by atoms with Gasteiger partial charge in [0, 0.05) is 0 Å². The highest BCUT2D eigenvalue weighted by molar-refractivity contribution is 5.10. The second kappa shape index (κ2) is 3.54. The van der Waals surface area contributed by atoms with Crippen molar-refractivity contribution in [1.29, 1.82) is 0 Å². The molecule has 0 saturated heterocycles. The van der Waals surface area contributed by atoms with Crippen molar-refractivity contribution in [2.45, 2.75) is 26.1 Å². The third-order valence-electron chi connectivity index (χ3n) is 1.31. The fraction of sp³-hybridized carbons (Fsp3) is 0.500. The summed E-state index contributed by atoms with van der Waals surface area (Å²) >= 11 is 0. The summed E-state index contributed by atoms with van der Waals surface area (Å²) in [4.78, 5) is 0. The molecule has 0 fully saturated rings. The summed E-state index contributed by atoms with van der Waals surface area (Å²) in [5.41, 5.74) is 1.10. The third kappa shape index (κ3) is 2.33. The van der Waals surface area contributed by atoms with Crippen LogP contribution in [0, 0.1) is 0 Å². The van der Waals surface area contributed by atoms with Crippen molar-refractivity contribution in [1.82, 2.24) is 0 Å². The van der Waals surface area contributed by atoms with Crippen LogP contribution in [-0.2, 0) is 0 Å². The van der Waals surface area contributed by atoms with Gasteiger partial charge in [-0.25, -0.2) is 0 Å². The van der Waals surface area contributed by atoms with Gasteiger partial charge in [0.05, 0.1) is 0 Å². The normalized spacial score (nSPS) is 16.0. The Bertz CT molecular complexity index is 131. The van der Waals surface area contributed by atoms with Crippen LogP contribution in [0.15, 0.2) is 24.3 Å². The van der Waals surface area contributed by atoms with Gasteiger partial charge >= 0.3 is 0 Å². The Morgan fingerprint density at radius 2 is 1.20 bits per heavy atom. The Morgan fingerprint density at radius 3 is 1.30 bits per heavy atom. The van der Waals surface area contributed by atoms with E-state index in [2.05, 4.69) is 13.2 Å². The van der Waals surface area contributed by atoms with E-state index in [4.69, 9.17) is 10.2 Å². The van der Waals surface area contributed by atoms with Gasteiger partial charge < -0.3 is 10.2 Å². The first-order valence-electron chi connectivity index (χ1n) is 3.13. The van der Waals surface area contributed by atoms with Crippen molar-refractivity contribution in [3.8, 4) is 0 Å². The van der Waals surface area contributed by atoms with Crippen LogP contribution in [0.5, 0.6) is 0 Å². The molecule has 10 heavy (non-hydrogen) atoms. The summed E-state index contributed by atoms with van der Waals surface area (Å²) in [5.74, 6) is 0. The van der Waals surface area contributed by atoms with Crippen molar-refractivity contribution in [2.24, 2.45) is 0 Å². The molecule has 0 aliphatic heterocycles. The van der Waals surface area contributed by atoms with Gasteiger partial charge in [0.25, 0.3) is 0 Å². The van der Waals surface area contributed by atoms with Crippen LogP contribution < -0.4 is 0 Å². The Kier molecular flexibility index (Phi) is 3.33. The maximum atomic E-state index is 9.16. The summed E-state index contributed by atoms with van der Waals surface area (Å²) in [5, 5.41) is 18.3. The topological polar surface area (TPSA) is 40.5 Å². The largest absolute Gasteiger partial charge is 0.386 e. The first-order valence-corrected chi connectivity index (χ1v) is 3.13. The van der Waals surface area contributed by atoms with Crippen LogP contribution in [-0.4, -0.2) is 22.4 Å². The average Bonchev–Trinajstić information content (AvgIpc) is 1.84. The Morgan fingerprint density at radius 1 is 1.00 bits per heavy atom. The first kappa shape index (κ1) is 9.40. The quantitative estimate of drug-likeness (QED) is 0.574. The van der Waals surface area contributed by atoms with E-state index in [1.807, 2.05) is 0 Å². The lowest BCUT2D eigenvalue weighted by molar-refractivity contribution is 0.0664. The molecule has 2 heteroatoms. The Hall–Kier alpha value is -0.600. The van der Waals surface area contributed by atoms with Crippen LogP contribution in [0.25, 0.3) is 0 Å². The van der Waals surface area contributed by atoms with Crippen LogP contribution in [0.1, 0.15) is 13.8 Å². The predicted octanol–water partition coefficient (Wildman–Crippen LogP) is 0.860. The van der Waals surface area contributed by atoms with E-state index >= 15 is 0 Å². The number of aliphatic hydroxyl groups is 2. The number of aliphatic hydroxyl groups excluding tert-OH is 2. The van der Waals surface area contributed by atoms with Crippen LogP contribution >= 0.6 is 0 Å². The molecule has 0 aliphatic rings. The lowest BCUT2D eigenvalue weighted by Crippen LogP contribution is -2.27. The van der Waals surface area contributed by atoms with Gasteiger partial charge in [0.1, 0.15) is 12.2 Å². The molecule has 2 nitrogen and oxygen atoms in total. The molecule has 0 bridgehead atoms. The van der Waals surface area contributed by atoms with Gasteiger partial charge in [0.15, 0.2) is 0 Å². The molecule has 0 heterocycles. The highest BCUT2D eigenvalue weighted by Gasteiger charge is 2.16. The Labute approximate surface area is 61.5 Å². The second-order valence-electron chi connectivity index (χ2n) is 2.58. The molecule has 0 saturated carbocycles. The lowest BCUT2D eigenvalue weighted by atomic mass is 10.0. The van der Waals surface area contributed by atoms with E-state index in [-0.39, 0.29) is 0 Å². The zero-order valence-corrected chi connectivity index (χ0v) is 6.46. The molecular weight excluding hydrogens is 128 g/mol. The monoisotopic (exact) mass is 142 g/mol. The fourth-order valence-electron chi connectivity index (χ4n) is 0.539. The molecule has 0 aromatic heterocycles. The van der Waals surface area contributed by atoms with Gasteiger partial charge in [-0.05, 0) is 25.0 Å². The first-order chi connectivity index (χ1) is 4.46. The highest BCUT2D eigenvalue weighted by Crippen LogP contribution is 2.09. The Balaban J connectivity index is 4.07. The maximum absolute atomic E-state index is 9.16. The summed E-state index contributed by atoms with van der Waals surface area (Å²) in [6.07, 6.45) is -1.75. The van der Waals surface area contributed by atoms with E-state index in [1.54, 1.807) is 13.8 Å². The van der Waals surface area contributed by atoms with Crippen LogP contribution in [0.3, 0.4) is 0 Å². The molecule has 0 aromatic carbocycles. The molecule has 0 radical (unpaired) electrons. The number of rotatable bonds is 3. The average molecular weight is 142 g/mol. The maximum Gasteiger partial charge on any atom is 0.104 e. The second-order valence-corrected chi connectivity index (χ2v) is 2.58. The molecule has 2 atom stereocenters. The summed E-state index contributed by atoms with van der Waals surface area (Å²) in [7, 11) is 0. The van der Waals surface area contributed by atoms with E-state index in [0.29, 0.717) is 11.1 Å². The smallest absolute Gasteiger partial charge is 0.104 e. The highest BCUT2D eigenvalue weighted by atomic mass is 16.3. The predicted molar refractivity (Wildman–Crippen MR) is 41.6 cm³/mol. The van der Waals surface area contributed by atoms with Crippen molar-refractivity contribution >= 4 is 0 Å². The molecular formula is C8H14O2. The van der Waals surface area contributed by atoms with E-state index in [1.165, 1.54) is 0 Å². The molecule has 2 N–H and O–H groups in total. The zero-order valence-electron chi connectivity index (χ0n) is 6.46. The summed E-state index contributed by atoms with van der Waals surface area (Å²) < 4.78 is 0. The SMILES string of the molecule is C=C(C)[C@H](O)[C@@H](O)C(=C)C. The minimum atomic E-state index is -0.877. The zero-order chi connectivity index (χ0) is 8.31. The standard InChI is InChI=1S/C8H14O2/c1-5(2)7(9)8(10)6(3)4/h7-10H,1,3H2,2,4H3/t7-,8-/m0/s1. The van der Waals surface area contributed by atoms with Crippen molar-refractivity contribution in [3.05, 3.63) is 24.3 Å². The molecule has 0 unspecified atom stereocenters. The lowest BCUT2D eigenvalue weighted by Gasteiger charge is -2.17. The van der Waals surface area contributed by atoms with Gasteiger partial charge in [-0.3, -0.25) is 0 Å². The van der Waals surface area contributed by atoms with Gasteiger partial charge in [-0.2, -0.15) is 0 Å².